The monoisotopic (exact) mass is 434 g/mol. The number of aromatic nitrogens is 2. The van der Waals surface area contributed by atoms with Gasteiger partial charge in [-0.15, -0.1) is 0 Å². The molecule has 7 heteroatoms. The Kier molecular flexibility index (Phi) is 5.46. The summed E-state index contributed by atoms with van der Waals surface area (Å²) in [6.45, 7) is 3.99. The summed E-state index contributed by atoms with van der Waals surface area (Å²) in [7, 11) is 1.60. The Balaban J connectivity index is 2.36. The lowest BCUT2D eigenvalue weighted by atomic mass is 10.2. The Morgan fingerprint density at radius 2 is 1.67 bits per heavy atom. The Morgan fingerprint density at radius 1 is 1.05 bits per heavy atom. The first-order valence-corrected chi connectivity index (χ1v) is 8.12. The molecule has 112 valence electrons. The quantitative estimate of drug-likeness (QED) is 0.587. The SMILES string of the molecule is COc1cc(Br)c(Oc2cc(Cl)nc(C(C)C)n2)cc1Br. The van der Waals surface area contributed by atoms with Crippen molar-refractivity contribution in [3.8, 4) is 17.4 Å². The fraction of sp³-hybridized carbons (Fsp3) is 0.286. The molecule has 0 N–H and O–H groups in total. The summed E-state index contributed by atoms with van der Waals surface area (Å²) in [5.74, 6) is 2.51. The van der Waals surface area contributed by atoms with Crippen LogP contribution in [-0.2, 0) is 0 Å². The first kappa shape index (κ1) is 16.5. The van der Waals surface area contributed by atoms with Crippen molar-refractivity contribution in [1.29, 1.82) is 0 Å². The summed E-state index contributed by atoms with van der Waals surface area (Å²) in [5, 5.41) is 0.354. The van der Waals surface area contributed by atoms with Crippen LogP contribution in [0.25, 0.3) is 0 Å². The van der Waals surface area contributed by atoms with Gasteiger partial charge >= 0.3 is 0 Å². The van der Waals surface area contributed by atoms with E-state index in [-0.39, 0.29) is 5.92 Å². The molecule has 2 aromatic rings. The van der Waals surface area contributed by atoms with E-state index in [0.29, 0.717) is 28.4 Å². The highest BCUT2D eigenvalue weighted by Gasteiger charge is 2.12. The first-order valence-electron chi connectivity index (χ1n) is 6.16. The van der Waals surface area contributed by atoms with Crippen LogP contribution in [0.5, 0.6) is 17.4 Å². The van der Waals surface area contributed by atoms with Gasteiger partial charge in [0.1, 0.15) is 22.5 Å². The molecule has 0 saturated heterocycles. The van der Waals surface area contributed by atoms with Crippen LogP contribution >= 0.6 is 43.5 Å². The van der Waals surface area contributed by atoms with Crippen molar-refractivity contribution < 1.29 is 9.47 Å². The lowest BCUT2D eigenvalue weighted by Gasteiger charge is -2.12. The molecule has 0 fully saturated rings. The maximum Gasteiger partial charge on any atom is 0.224 e. The van der Waals surface area contributed by atoms with Gasteiger partial charge in [0.2, 0.25) is 5.88 Å². The van der Waals surface area contributed by atoms with Crippen LogP contribution in [0.1, 0.15) is 25.6 Å². The molecule has 0 bridgehead atoms. The molecule has 0 amide bonds. The zero-order chi connectivity index (χ0) is 15.6. The second kappa shape index (κ2) is 6.94. The number of benzene rings is 1. The largest absolute Gasteiger partial charge is 0.496 e. The molecule has 0 spiro atoms. The lowest BCUT2D eigenvalue weighted by molar-refractivity contribution is 0.408. The highest BCUT2D eigenvalue weighted by Crippen LogP contribution is 2.38. The van der Waals surface area contributed by atoms with Crippen LogP contribution < -0.4 is 9.47 Å². The number of ether oxygens (including phenoxy) is 2. The highest BCUT2D eigenvalue weighted by molar-refractivity contribution is 9.11. The third kappa shape index (κ3) is 4.08. The molecule has 0 aliphatic rings. The Bertz CT molecular complexity index is 666. The minimum Gasteiger partial charge on any atom is -0.496 e. The fourth-order valence-electron chi connectivity index (χ4n) is 1.58. The standard InChI is InChI=1S/C14H13Br2ClN2O2/c1-7(2)14-18-12(17)6-13(19-14)21-11-5-8(15)10(20-3)4-9(11)16/h4-7H,1-3H3. The van der Waals surface area contributed by atoms with Crippen LogP contribution in [0.4, 0.5) is 0 Å². The number of methoxy groups -OCH3 is 1. The second-order valence-corrected chi connectivity index (χ2v) is 6.66. The van der Waals surface area contributed by atoms with E-state index in [2.05, 4.69) is 41.8 Å². The number of nitrogens with zero attached hydrogens (tertiary/aromatic N) is 2. The number of hydrogen-bond donors (Lipinski definition) is 0. The van der Waals surface area contributed by atoms with Gasteiger partial charge in [0, 0.05) is 12.0 Å². The molecular weight excluding hydrogens is 423 g/mol. The van der Waals surface area contributed by atoms with Crippen molar-refractivity contribution >= 4 is 43.5 Å². The smallest absolute Gasteiger partial charge is 0.224 e. The molecule has 0 saturated carbocycles. The minimum absolute atomic E-state index is 0.164. The minimum atomic E-state index is 0.164. The molecular formula is C14H13Br2ClN2O2. The number of hydrogen-bond acceptors (Lipinski definition) is 4. The molecule has 1 aromatic carbocycles. The van der Waals surface area contributed by atoms with Gasteiger partial charge in [-0.3, -0.25) is 0 Å². The van der Waals surface area contributed by atoms with E-state index in [0.717, 1.165) is 8.95 Å². The van der Waals surface area contributed by atoms with Crippen molar-refractivity contribution in [2.24, 2.45) is 0 Å². The topological polar surface area (TPSA) is 44.2 Å². The van der Waals surface area contributed by atoms with Crippen molar-refractivity contribution in [3.63, 3.8) is 0 Å². The normalized spacial score (nSPS) is 10.8. The first-order chi connectivity index (χ1) is 9.90. The van der Waals surface area contributed by atoms with Gasteiger partial charge in [0.25, 0.3) is 0 Å². The molecule has 4 nitrogen and oxygen atoms in total. The van der Waals surface area contributed by atoms with Crippen LogP contribution in [0.15, 0.2) is 27.1 Å². The summed E-state index contributed by atoms with van der Waals surface area (Å²) in [5.41, 5.74) is 0. The van der Waals surface area contributed by atoms with Crippen molar-refractivity contribution in [1.82, 2.24) is 9.97 Å². The molecule has 0 aliphatic carbocycles. The van der Waals surface area contributed by atoms with Crippen LogP contribution in [-0.4, -0.2) is 17.1 Å². The fourth-order valence-corrected chi connectivity index (χ4v) is 2.65. The van der Waals surface area contributed by atoms with Crippen LogP contribution in [0, 0.1) is 0 Å². The zero-order valence-electron chi connectivity index (χ0n) is 11.7. The van der Waals surface area contributed by atoms with Crippen LogP contribution in [0.2, 0.25) is 5.15 Å². The molecule has 0 atom stereocenters. The van der Waals surface area contributed by atoms with E-state index >= 15 is 0 Å². The van der Waals surface area contributed by atoms with E-state index in [4.69, 9.17) is 21.1 Å². The van der Waals surface area contributed by atoms with E-state index in [9.17, 15) is 0 Å². The maximum atomic E-state index is 6.01. The summed E-state index contributed by atoms with van der Waals surface area (Å²) in [6.07, 6.45) is 0. The highest BCUT2D eigenvalue weighted by atomic mass is 79.9. The van der Waals surface area contributed by atoms with E-state index < -0.39 is 0 Å². The average molecular weight is 437 g/mol. The van der Waals surface area contributed by atoms with Gasteiger partial charge in [-0.25, -0.2) is 4.98 Å². The molecule has 2 rings (SSSR count). The molecule has 0 aliphatic heterocycles. The summed E-state index contributed by atoms with van der Waals surface area (Å²) in [6, 6.07) is 5.19. The lowest BCUT2D eigenvalue weighted by Crippen LogP contribution is -2.00. The predicted molar refractivity (Wildman–Crippen MR) is 89.6 cm³/mol. The summed E-state index contributed by atoms with van der Waals surface area (Å²) < 4.78 is 12.6. The van der Waals surface area contributed by atoms with Gasteiger partial charge in [0.15, 0.2) is 0 Å². The van der Waals surface area contributed by atoms with Gasteiger partial charge in [-0.05, 0) is 44.0 Å². The van der Waals surface area contributed by atoms with E-state index in [1.165, 1.54) is 0 Å². The molecule has 1 heterocycles. The zero-order valence-corrected chi connectivity index (χ0v) is 15.6. The molecule has 0 unspecified atom stereocenters. The maximum absolute atomic E-state index is 6.01. The Hall–Kier alpha value is -0.850. The van der Waals surface area contributed by atoms with Crippen molar-refractivity contribution in [2.75, 3.05) is 7.11 Å². The summed E-state index contributed by atoms with van der Waals surface area (Å²) >= 11 is 12.9. The van der Waals surface area contributed by atoms with Gasteiger partial charge in [0.05, 0.1) is 16.1 Å². The third-order valence-electron chi connectivity index (χ3n) is 2.63. The Labute approximate surface area is 145 Å². The third-order valence-corrected chi connectivity index (χ3v) is 4.06. The average Bonchev–Trinajstić information content (AvgIpc) is 2.41. The van der Waals surface area contributed by atoms with Gasteiger partial charge < -0.3 is 9.47 Å². The number of rotatable bonds is 4. The predicted octanol–water partition coefficient (Wildman–Crippen LogP) is 5.58. The van der Waals surface area contributed by atoms with Crippen LogP contribution in [0.3, 0.4) is 0 Å². The Morgan fingerprint density at radius 3 is 2.29 bits per heavy atom. The second-order valence-electron chi connectivity index (χ2n) is 4.56. The van der Waals surface area contributed by atoms with Gasteiger partial charge in [-0.1, -0.05) is 25.4 Å². The van der Waals surface area contributed by atoms with E-state index in [1.807, 2.05) is 19.9 Å². The molecule has 0 radical (unpaired) electrons. The number of halogens is 3. The van der Waals surface area contributed by atoms with E-state index in [1.54, 1.807) is 19.2 Å². The molecule has 21 heavy (non-hydrogen) atoms. The van der Waals surface area contributed by atoms with Crippen molar-refractivity contribution in [3.05, 3.63) is 38.1 Å². The molecule has 1 aromatic heterocycles. The summed E-state index contributed by atoms with van der Waals surface area (Å²) in [4.78, 5) is 8.53. The van der Waals surface area contributed by atoms with Crippen molar-refractivity contribution in [2.45, 2.75) is 19.8 Å². The van der Waals surface area contributed by atoms with Gasteiger partial charge in [-0.2, -0.15) is 4.98 Å².